The fraction of sp³-hybridized carbons (Fsp3) is 0. The van der Waals surface area contributed by atoms with E-state index in [9.17, 15) is 0 Å². The van der Waals surface area contributed by atoms with Crippen LogP contribution in [0.2, 0.25) is 0 Å². The van der Waals surface area contributed by atoms with Crippen LogP contribution in [0.4, 0.5) is 0 Å². The van der Waals surface area contributed by atoms with Gasteiger partial charge in [-0.3, -0.25) is 0 Å². The first kappa shape index (κ1) is 19.7. The average Bonchev–Trinajstić information content (AvgIpc) is 2.63. The normalized spacial score (nSPS) is 3.84. The summed E-state index contributed by atoms with van der Waals surface area (Å²) in [6.45, 7) is 3.30. The van der Waals surface area contributed by atoms with Gasteiger partial charge in [-0.2, -0.15) is 0 Å². The Morgan fingerprint density at radius 2 is 0.520 bits per heavy atom. The van der Waals surface area contributed by atoms with E-state index in [-0.39, 0.29) is 0 Å². The van der Waals surface area contributed by atoms with Crippen molar-refractivity contribution >= 4 is 0 Å². The maximum Gasteiger partial charge on any atom is 0.0209 e. The Morgan fingerprint density at radius 1 is 0.320 bits per heavy atom. The van der Waals surface area contributed by atoms with Crippen molar-refractivity contribution < 1.29 is 0 Å². The molecule has 2 radical (unpaired) electrons. The van der Waals surface area contributed by atoms with Crippen LogP contribution in [0.1, 0.15) is 0 Å². The molecule has 0 rings (SSSR count). The molecule has 0 heterocycles. The third kappa shape index (κ3) is 18.7. The molecule has 0 aliphatic carbocycles. The van der Waals surface area contributed by atoms with Gasteiger partial charge in [0.15, 0.2) is 0 Å². The summed E-state index contributed by atoms with van der Waals surface area (Å²) in [5.74, 6) is 55.7. The van der Waals surface area contributed by atoms with Crippen molar-refractivity contribution in [3.63, 3.8) is 0 Å². The lowest BCUT2D eigenvalue weighted by Crippen LogP contribution is -1.56. The Hall–Kier alpha value is -5.28. The second kappa shape index (κ2) is 18.7. The first-order chi connectivity index (χ1) is 12.4. The lowest BCUT2D eigenvalue weighted by molar-refractivity contribution is 2.31. The lowest BCUT2D eigenvalue weighted by atomic mass is 10.4. The van der Waals surface area contributed by atoms with Gasteiger partial charge < -0.3 is 0 Å². The highest BCUT2D eigenvalue weighted by atomic mass is 13.6. The fourth-order valence-corrected chi connectivity index (χ4v) is 0.669. The molecule has 0 unspecified atom stereocenters. The van der Waals surface area contributed by atoms with E-state index < -0.39 is 0 Å². The van der Waals surface area contributed by atoms with Crippen molar-refractivity contribution in [2.75, 3.05) is 0 Å². The average molecular weight is 302 g/mol. The fourth-order valence-electron chi connectivity index (χ4n) is 0.669. The number of hydrogen-bond donors (Lipinski definition) is 0. The molecule has 0 aromatic carbocycles. The van der Waals surface area contributed by atoms with Crippen LogP contribution in [-0.2, 0) is 0 Å². The summed E-state index contributed by atoms with van der Waals surface area (Å²) in [7, 11) is 0. The third-order valence-corrected chi connectivity index (χ3v) is 1.40. The summed E-state index contributed by atoms with van der Waals surface area (Å²) in [6, 6.07) is 0. The molecule has 0 nitrogen and oxygen atoms in total. The van der Waals surface area contributed by atoms with Gasteiger partial charge in [0.05, 0.1) is 0 Å². The molecule has 0 fully saturated rings. The monoisotopic (exact) mass is 302 g/mol. The van der Waals surface area contributed by atoms with Crippen molar-refractivity contribution in [1.29, 1.82) is 0 Å². The van der Waals surface area contributed by atoms with Gasteiger partial charge in [0.1, 0.15) is 0 Å². The zero-order valence-electron chi connectivity index (χ0n) is 12.7. The quantitative estimate of drug-likeness (QED) is 0.570. The topological polar surface area (TPSA) is 0 Å². The highest BCUT2D eigenvalue weighted by Crippen LogP contribution is 1.59. The maximum atomic E-state index is 6.51. The van der Waals surface area contributed by atoms with Gasteiger partial charge in [0.2, 0.25) is 0 Å². The highest BCUT2D eigenvalue weighted by Gasteiger charge is 1.58. The smallest absolute Gasteiger partial charge is 0.0209 e. The molecular formula is C25H2. The maximum absolute atomic E-state index is 6.51. The second-order valence-electron chi connectivity index (χ2n) is 2.93. The summed E-state index contributed by atoms with van der Waals surface area (Å²) >= 11 is 0. The van der Waals surface area contributed by atoms with E-state index in [4.69, 9.17) is 6.42 Å². The minimum Gasteiger partial charge on any atom is -0.0881 e. The van der Waals surface area contributed by atoms with Gasteiger partial charge in [0, 0.05) is 96.2 Å². The molecule has 0 heteroatoms. The summed E-state index contributed by atoms with van der Waals surface area (Å²) in [6.07, 6.45) is 6.51. The molecule has 0 aliphatic rings. The Balaban J connectivity index is 4.41. The molecule has 25 heavy (non-hydrogen) atoms. The van der Waals surface area contributed by atoms with Gasteiger partial charge in [-0.05, 0) is 47.4 Å². The molecule has 0 bridgehead atoms. The molecule has 0 amide bonds. The van der Waals surface area contributed by atoms with Crippen LogP contribution in [0.3, 0.4) is 0 Å². The molecular weight excluding hydrogens is 300 g/mol. The van der Waals surface area contributed by atoms with Gasteiger partial charge in [-0.25, -0.2) is 0 Å². The molecule has 0 saturated heterocycles. The first-order valence-corrected chi connectivity index (χ1v) is 6.10. The molecule has 0 aromatic heterocycles. The van der Waals surface area contributed by atoms with Crippen LogP contribution in [0.25, 0.3) is 0 Å². The van der Waals surface area contributed by atoms with Gasteiger partial charge in [0.25, 0.3) is 0 Å². The molecule has 0 aromatic rings. The summed E-state index contributed by atoms with van der Waals surface area (Å²) < 4.78 is 0. The van der Waals surface area contributed by atoms with E-state index >= 15 is 0 Å². The van der Waals surface area contributed by atoms with Crippen molar-refractivity contribution in [1.82, 2.24) is 0 Å². The van der Waals surface area contributed by atoms with Crippen molar-refractivity contribution in [2.45, 2.75) is 0 Å². The summed E-state index contributed by atoms with van der Waals surface area (Å²) in [4.78, 5) is 0. The first-order valence-electron chi connectivity index (χ1n) is 6.10. The van der Waals surface area contributed by atoms with Crippen molar-refractivity contribution in [3.05, 3.63) is 13.3 Å². The van der Waals surface area contributed by atoms with Gasteiger partial charge >= 0.3 is 0 Å². The van der Waals surface area contributed by atoms with Crippen LogP contribution in [0, 0.1) is 150 Å². The highest BCUT2D eigenvalue weighted by molar-refractivity contribution is 5.47. The van der Waals surface area contributed by atoms with Crippen molar-refractivity contribution in [3.8, 4) is 136 Å². The Kier molecular flexibility index (Phi) is 14.8. The molecule has 0 saturated carbocycles. The Labute approximate surface area is 149 Å². The van der Waals surface area contributed by atoms with E-state index in [1.54, 1.807) is 0 Å². The Bertz CT molecular complexity index is 1240. The largest absolute Gasteiger partial charge is 0.0881 e. The molecule has 0 N–H and O–H groups in total. The van der Waals surface area contributed by atoms with E-state index in [0.717, 1.165) is 0 Å². The van der Waals surface area contributed by atoms with Crippen LogP contribution in [0.15, 0.2) is 0 Å². The molecule has 102 valence electrons. The van der Waals surface area contributed by atoms with Crippen molar-refractivity contribution in [2.24, 2.45) is 0 Å². The Morgan fingerprint density at radius 3 is 0.720 bits per heavy atom. The van der Waals surface area contributed by atoms with Crippen LogP contribution in [0.5, 0.6) is 0 Å². The molecule has 0 aliphatic heterocycles. The molecule has 0 atom stereocenters. The van der Waals surface area contributed by atoms with E-state index in [1.807, 2.05) is 5.92 Å². The standard InChI is InChI=1S/C25H2/c1-3-5-7-9-11-13-15-17-19-21-23-25-24-22-20-18-16-14-12-10-8-6-4-2/h1H2. The predicted octanol–water partition coefficient (Wildman–Crippen LogP) is 0.448. The summed E-state index contributed by atoms with van der Waals surface area (Å²) in [5, 5.41) is 0. The van der Waals surface area contributed by atoms with Crippen LogP contribution >= 0.6 is 0 Å². The van der Waals surface area contributed by atoms with E-state index in [1.165, 1.54) is 0 Å². The SMILES string of the molecule is [C]#CC#CC#CC#CC#CC#CC#CC#CC#CC#CC#CC#C[CH2]. The zero-order chi connectivity index (χ0) is 18.3. The minimum atomic E-state index is 1.87. The second-order valence-corrected chi connectivity index (χ2v) is 2.93. The van der Waals surface area contributed by atoms with Crippen LogP contribution in [-0.4, -0.2) is 0 Å². The number of rotatable bonds is 0. The van der Waals surface area contributed by atoms with E-state index in [2.05, 4.69) is 137 Å². The lowest BCUT2D eigenvalue weighted by Gasteiger charge is -1.57. The minimum absolute atomic E-state index is 1.87. The molecule has 0 spiro atoms. The zero-order valence-corrected chi connectivity index (χ0v) is 12.7. The predicted molar refractivity (Wildman–Crippen MR) is 98.0 cm³/mol. The van der Waals surface area contributed by atoms with Gasteiger partial charge in [-0.1, -0.05) is 5.92 Å². The summed E-state index contributed by atoms with van der Waals surface area (Å²) in [5.41, 5.74) is 0. The van der Waals surface area contributed by atoms with Gasteiger partial charge in [-0.15, -0.1) is 0 Å². The number of hydrogen-bond acceptors (Lipinski definition) is 0. The van der Waals surface area contributed by atoms with Crippen LogP contribution < -0.4 is 0 Å². The third-order valence-electron chi connectivity index (χ3n) is 1.40. The van der Waals surface area contributed by atoms with E-state index in [0.29, 0.717) is 0 Å².